The zero-order valence-corrected chi connectivity index (χ0v) is 21.3. The van der Waals surface area contributed by atoms with Crippen LogP contribution in [-0.2, 0) is 11.2 Å². The normalized spacial score (nSPS) is 12.2. The molecule has 35 heavy (non-hydrogen) atoms. The van der Waals surface area contributed by atoms with Crippen molar-refractivity contribution in [3.05, 3.63) is 65.5 Å². The van der Waals surface area contributed by atoms with Crippen LogP contribution in [0.3, 0.4) is 0 Å². The van der Waals surface area contributed by atoms with Gasteiger partial charge in [-0.15, -0.1) is 0 Å². The van der Waals surface area contributed by atoms with Gasteiger partial charge in [-0.1, -0.05) is 17.7 Å². The molecule has 0 fully saturated rings. The first-order valence-corrected chi connectivity index (χ1v) is 12.1. The summed E-state index contributed by atoms with van der Waals surface area (Å²) in [4.78, 5) is 22.9. The van der Waals surface area contributed by atoms with Gasteiger partial charge in [0.25, 0.3) is 0 Å². The molecule has 8 nitrogen and oxygen atoms in total. The number of hydrogen-bond acceptors (Lipinski definition) is 7. The van der Waals surface area contributed by atoms with Crippen molar-refractivity contribution in [3.63, 3.8) is 0 Å². The molecule has 1 aromatic carbocycles. The van der Waals surface area contributed by atoms with Crippen LogP contribution in [0.5, 0.6) is 5.75 Å². The Morgan fingerprint density at radius 1 is 1.14 bits per heavy atom. The monoisotopic (exact) mass is 500 g/mol. The van der Waals surface area contributed by atoms with Crippen LogP contribution in [0.4, 0.5) is 0 Å². The predicted octanol–water partition coefficient (Wildman–Crippen LogP) is 4.28. The van der Waals surface area contributed by atoms with Crippen molar-refractivity contribution in [3.8, 4) is 17.0 Å². The van der Waals surface area contributed by atoms with Gasteiger partial charge in [0.1, 0.15) is 35.9 Å². The quantitative estimate of drug-likeness (QED) is 0.283. The second-order valence-electron chi connectivity index (χ2n) is 8.80. The first kappa shape index (κ1) is 26.7. The van der Waals surface area contributed by atoms with E-state index in [0.29, 0.717) is 42.0 Å². The highest BCUT2D eigenvalue weighted by Gasteiger charge is 2.22. The molecule has 0 aliphatic rings. The molecule has 0 spiro atoms. The van der Waals surface area contributed by atoms with Crippen LogP contribution >= 0.6 is 11.6 Å². The van der Waals surface area contributed by atoms with Gasteiger partial charge in [-0.3, -0.25) is 4.79 Å². The molecule has 9 heteroatoms. The minimum absolute atomic E-state index is 0.00175. The summed E-state index contributed by atoms with van der Waals surface area (Å²) in [6.07, 6.45) is 2.60. The number of ether oxygens (including phenoxy) is 1. The molecular weight excluding hydrogens is 468 g/mol. The number of carbonyl (C=O) groups excluding carboxylic acids is 1. The zero-order valence-electron chi connectivity index (χ0n) is 20.6. The molecule has 0 saturated heterocycles. The Balaban J connectivity index is 1.44. The van der Waals surface area contributed by atoms with E-state index >= 15 is 0 Å². The third-order valence-electron chi connectivity index (χ3n) is 5.43. The largest absolute Gasteiger partial charge is 0.492 e. The maximum atomic E-state index is 12.6. The maximum absolute atomic E-state index is 12.6. The summed E-state index contributed by atoms with van der Waals surface area (Å²) in [5, 5.41) is 13.7. The van der Waals surface area contributed by atoms with Gasteiger partial charge < -0.3 is 24.5 Å². The van der Waals surface area contributed by atoms with Crippen LogP contribution in [0.15, 0.2) is 53.3 Å². The fourth-order valence-electron chi connectivity index (χ4n) is 3.82. The summed E-state index contributed by atoms with van der Waals surface area (Å²) in [6, 6.07) is 11.2. The fraction of sp³-hybridized carbons (Fsp3) is 0.423. The Bertz CT molecular complexity index is 1060. The highest BCUT2D eigenvalue weighted by atomic mass is 35.5. The number of nitrogens with one attached hydrogen (secondary N) is 1. The third-order valence-corrected chi connectivity index (χ3v) is 5.65. The van der Waals surface area contributed by atoms with E-state index in [2.05, 4.69) is 15.3 Å². The zero-order chi connectivity index (χ0) is 25.4. The first-order valence-electron chi connectivity index (χ1n) is 11.7. The molecule has 2 N–H and O–H groups in total. The average molecular weight is 501 g/mol. The van der Waals surface area contributed by atoms with Crippen LogP contribution in [0.2, 0.25) is 5.15 Å². The summed E-state index contributed by atoms with van der Waals surface area (Å²) in [5.74, 6) is 1.12. The second kappa shape index (κ2) is 12.7. The van der Waals surface area contributed by atoms with Crippen molar-refractivity contribution in [1.29, 1.82) is 0 Å². The molecular formula is C26H33ClN4O4. The van der Waals surface area contributed by atoms with Gasteiger partial charge in [-0.05, 0) is 58.0 Å². The average Bonchev–Trinajstić information content (AvgIpc) is 3.27. The van der Waals surface area contributed by atoms with E-state index in [-0.39, 0.29) is 24.4 Å². The number of oxazole rings is 1. The number of amides is 1. The predicted molar refractivity (Wildman–Crippen MR) is 135 cm³/mol. The lowest BCUT2D eigenvalue weighted by atomic mass is 10.1. The van der Waals surface area contributed by atoms with E-state index in [1.165, 1.54) is 0 Å². The molecule has 0 aliphatic carbocycles. The Labute approximate surface area is 211 Å². The van der Waals surface area contributed by atoms with Gasteiger partial charge in [0.05, 0.1) is 6.10 Å². The molecule has 0 bridgehead atoms. The smallest absolute Gasteiger partial charge is 0.232 e. The molecule has 0 radical (unpaired) electrons. The number of benzene rings is 1. The van der Waals surface area contributed by atoms with E-state index in [4.69, 9.17) is 20.8 Å². The molecule has 1 amide bonds. The summed E-state index contributed by atoms with van der Waals surface area (Å²) in [7, 11) is 0. The van der Waals surface area contributed by atoms with E-state index in [9.17, 15) is 9.90 Å². The lowest BCUT2D eigenvalue weighted by molar-refractivity contribution is -0.134. The van der Waals surface area contributed by atoms with Gasteiger partial charge in [-0.2, -0.15) is 0 Å². The fourth-order valence-corrected chi connectivity index (χ4v) is 3.93. The van der Waals surface area contributed by atoms with Crippen LogP contribution in [-0.4, -0.2) is 57.7 Å². The molecule has 3 aromatic rings. The van der Waals surface area contributed by atoms with Gasteiger partial charge in [-0.25, -0.2) is 9.97 Å². The Morgan fingerprint density at radius 2 is 1.86 bits per heavy atom. The van der Waals surface area contributed by atoms with Crippen LogP contribution < -0.4 is 10.1 Å². The maximum Gasteiger partial charge on any atom is 0.232 e. The van der Waals surface area contributed by atoms with Crippen molar-refractivity contribution in [2.75, 3.05) is 19.7 Å². The van der Waals surface area contributed by atoms with Gasteiger partial charge in [0.2, 0.25) is 11.8 Å². The van der Waals surface area contributed by atoms with Crippen LogP contribution in [0.1, 0.15) is 45.3 Å². The summed E-state index contributed by atoms with van der Waals surface area (Å²) < 4.78 is 11.3. The highest BCUT2D eigenvalue weighted by Crippen LogP contribution is 2.22. The molecule has 0 aliphatic heterocycles. The van der Waals surface area contributed by atoms with E-state index in [0.717, 1.165) is 11.3 Å². The van der Waals surface area contributed by atoms with Crippen LogP contribution in [0.25, 0.3) is 11.3 Å². The summed E-state index contributed by atoms with van der Waals surface area (Å²) in [5.41, 5.74) is 2.26. The highest BCUT2D eigenvalue weighted by molar-refractivity contribution is 6.29. The van der Waals surface area contributed by atoms with Gasteiger partial charge in [0, 0.05) is 42.5 Å². The van der Waals surface area contributed by atoms with E-state index in [1.807, 2.05) is 56.9 Å². The number of carbonyl (C=O) groups is 1. The minimum atomic E-state index is -0.666. The number of aliphatic hydroxyl groups is 1. The molecule has 0 unspecified atom stereocenters. The molecule has 188 valence electrons. The number of rotatable bonds is 12. The van der Waals surface area contributed by atoms with Crippen molar-refractivity contribution in [1.82, 2.24) is 20.2 Å². The number of hydrogen-bond donors (Lipinski definition) is 2. The number of nitrogens with zero attached hydrogens (tertiary/aromatic N) is 3. The molecule has 3 rings (SSSR count). The van der Waals surface area contributed by atoms with Crippen LogP contribution in [0, 0.1) is 0 Å². The SMILES string of the molecule is CC(C)N(C(=O)Cc1nc(-c2ccc(OCCNC[C@@H](O)c3ccc(Cl)nc3)cc2)co1)C(C)C. The van der Waals surface area contributed by atoms with Gasteiger partial charge in [0.15, 0.2) is 0 Å². The molecule has 2 aromatic heterocycles. The lowest BCUT2D eigenvalue weighted by Crippen LogP contribution is -2.42. The Hall–Kier alpha value is -2.94. The first-order chi connectivity index (χ1) is 16.7. The van der Waals surface area contributed by atoms with E-state index < -0.39 is 6.10 Å². The number of halogens is 1. The lowest BCUT2D eigenvalue weighted by Gasteiger charge is -2.30. The number of aromatic nitrogens is 2. The molecule has 1 atom stereocenters. The van der Waals surface area contributed by atoms with Crippen molar-refractivity contribution < 1.29 is 19.1 Å². The van der Waals surface area contributed by atoms with E-state index in [1.54, 1.807) is 24.6 Å². The number of pyridine rings is 1. The molecule has 0 saturated carbocycles. The van der Waals surface area contributed by atoms with Gasteiger partial charge >= 0.3 is 0 Å². The standard InChI is InChI=1S/C26H33ClN4O4/c1-17(2)31(18(3)4)26(33)13-25-30-22(16-35-25)19-5-8-21(9-6-19)34-12-11-28-15-23(32)20-7-10-24(27)29-14-20/h5-10,14,16-18,23,28,32H,11-13,15H2,1-4H3/t23-/m1/s1. The summed E-state index contributed by atoms with van der Waals surface area (Å²) >= 11 is 5.77. The second-order valence-corrected chi connectivity index (χ2v) is 9.19. The molecule has 2 heterocycles. The Morgan fingerprint density at radius 3 is 2.49 bits per heavy atom. The summed E-state index contributed by atoms with van der Waals surface area (Å²) in [6.45, 7) is 9.41. The van der Waals surface area contributed by atoms with Crippen molar-refractivity contribution in [2.24, 2.45) is 0 Å². The topological polar surface area (TPSA) is 101 Å². The Kier molecular flexibility index (Phi) is 9.65. The van der Waals surface area contributed by atoms with Crippen molar-refractivity contribution in [2.45, 2.75) is 52.3 Å². The minimum Gasteiger partial charge on any atom is -0.492 e. The van der Waals surface area contributed by atoms with Crippen molar-refractivity contribution >= 4 is 17.5 Å². The third kappa shape index (κ3) is 7.78. The number of aliphatic hydroxyl groups excluding tert-OH is 1.